The minimum absolute atomic E-state index is 0.267. The third kappa shape index (κ3) is 2.94. The van der Waals surface area contributed by atoms with Gasteiger partial charge in [-0.15, -0.1) is 0 Å². The predicted molar refractivity (Wildman–Crippen MR) is 92.7 cm³/mol. The van der Waals surface area contributed by atoms with Crippen LogP contribution in [0.2, 0.25) is 0 Å². The first-order valence-electron chi connectivity index (χ1n) is 7.06. The fraction of sp³-hybridized carbons (Fsp3) is 0.125. The fourth-order valence-electron chi connectivity index (χ4n) is 2.40. The summed E-state index contributed by atoms with van der Waals surface area (Å²) in [7, 11) is 0. The number of hydrogen-bond acceptors (Lipinski definition) is 4. The van der Waals surface area contributed by atoms with E-state index in [0.717, 1.165) is 28.7 Å². The molecule has 2 aromatic heterocycles. The van der Waals surface area contributed by atoms with Gasteiger partial charge >= 0.3 is 0 Å². The number of nitrogens with one attached hydrogen (secondary N) is 1. The molecule has 3 heterocycles. The first kappa shape index (κ1) is 14.6. The molecule has 116 valence electrons. The first-order valence-corrected chi connectivity index (χ1v) is 8.84. The maximum absolute atomic E-state index is 12.0. The molecule has 3 aromatic rings. The lowest BCUT2D eigenvalue weighted by molar-refractivity contribution is 0.0995. The SMILES string of the molecule is O=C(Nc1ccc(-c2cn3c(n2)SCC3)cc1)c1ccc(Br)o1. The molecule has 0 radical (unpaired) electrons. The average molecular weight is 390 g/mol. The maximum atomic E-state index is 12.0. The Kier molecular flexibility index (Phi) is 3.74. The van der Waals surface area contributed by atoms with Crippen LogP contribution in [0.4, 0.5) is 5.69 Å². The van der Waals surface area contributed by atoms with Crippen molar-refractivity contribution in [2.24, 2.45) is 0 Å². The third-order valence-electron chi connectivity index (χ3n) is 3.54. The van der Waals surface area contributed by atoms with Crippen LogP contribution < -0.4 is 5.32 Å². The van der Waals surface area contributed by atoms with Crippen molar-refractivity contribution >= 4 is 39.3 Å². The summed E-state index contributed by atoms with van der Waals surface area (Å²) in [6.45, 7) is 1.01. The average Bonchev–Trinajstić information content (AvgIpc) is 3.23. The van der Waals surface area contributed by atoms with Crippen molar-refractivity contribution < 1.29 is 9.21 Å². The molecule has 1 N–H and O–H groups in total. The van der Waals surface area contributed by atoms with Gasteiger partial charge in [-0.25, -0.2) is 4.98 Å². The summed E-state index contributed by atoms with van der Waals surface area (Å²) in [6, 6.07) is 10.9. The number of furan rings is 1. The van der Waals surface area contributed by atoms with E-state index in [0.29, 0.717) is 10.4 Å². The number of carbonyl (C=O) groups is 1. The smallest absolute Gasteiger partial charge is 0.291 e. The largest absolute Gasteiger partial charge is 0.444 e. The summed E-state index contributed by atoms with van der Waals surface area (Å²) in [6.07, 6.45) is 2.07. The van der Waals surface area contributed by atoms with Crippen molar-refractivity contribution in [3.63, 3.8) is 0 Å². The lowest BCUT2D eigenvalue weighted by Gasteiger charge is -2.04. The van der Waals surface area contributed by atoms with Gasteiger partial charge in [-0.05, 0) is 40.2 Å². The van der Waals surface area contributed by atoms with E-state index >= 15 is 0 Å². The van der Waals surface area contributed by atoms with Crippen LogP contribution >= 0.6 is 27.7 Å². The molecular weight excluding hydrogens is 378 g/mol. The Morgan fingerprint density at radius 3 is 2.78 bits per heavy atom. The summed E-state index contributed by atoms with van der Waals surface area (Å²) in [5, 5.41) is 3.88. The minimum atomic E-state index is -0.277. The number of fused-ring (bicyclic) bond motifs is 1. The van der Waals surface area contributed by atoms with E-state index in [1.807, 2.05) is 24.3 Å². The summed E-state index contributed by atoms with van der Waals surface area (Å²) in [4.78, 5) is 16.7. The number of carbonyl (C=O) groups excluding carboxylic acids is 1. The molecule has 0 saturated carbocycles. The van der Waals surface area contributed by atoms with Gasteiger partial charge < -0.3 is 14.3 Å². The van der Waals surface area contributed by atoms with Gasteiger partial charge in [0, 0.05) is 29.7 Å². The second-order valence-corrected chi connectivity index (χ2v) is 6.93. The van der Waals surface area contributed by atoms with E-state index < -0.39 is 0 Å². The first-order chi connectivity index (χ1) is 11.2. The van der Waals surface area contributed by atoms with Crippen molar-refractivity contribution in [1.82, 2.24) is 9.55 Å². The Hall–Kier alpha value is -1.99. The molecule has 0 bridgehead atoms. The van der Waals surface area contributed by atoms with Crippen molar-refractivity contribution in [3.05, 3.63) is 53.0 Å². The highest BCUT2D eigenvalue weighted by atomic mass is 79.9. The Morgan fingerprint density at radius 1 is 1.26 bits per heavy atom. The molecule has 1 aromatic carbocycles. The van der Waals surface area contributed by atoms with Crippen LogP contribution in [0.5, 0.6) is 0 Å². The molecule has 0 unspecified atom stereocenters. The molecule has 1 aliphatic heterocycles. The Labute approximate surface area is 145 Å². The number of amides is 1. The van der Waals surface area contributed by atoms with Gasteiger partial charge in [0.25, 0.3) is 5.91 Å². The number of thioether (sulfide) groups is 1. The monoisotopic (exact) mass is 389 g/mol. The summed E-state index contributed by atoms with van der Waals surface area (Å²) >= 11 is 4.96. The second-order valence-electron chi connectivity index (χ2n) is 5.09. The Bertz CT molecular complexity index is 848. The summed E-state index contributed by atoms with van der Waals surface area (Å²) < 4.78 is 7.94. The molecule has 4 rings (SSSR count). The molecule has 0 atom stereocenters. The van der Waals surface area contributed by atoms with Gasteiger partial charge in [0.15, 0.2) is 15.6 Å². The van der Waals surface area contributed by atoms with Gasteiger partial charge in [-0.3, -0.25) is 4.79 Å². The van der Waals surface area contributed by atoms with E-state index in [2.05, 4.69) is 37.0 Å². The zero-order chi connectivity index (χ0) is 15.8. The molecule has 23 heavy (non-hydrogen) atoms. The topological polar surface area (TPSA) is 60.1 Å². The standard InChI is InChI=1S/C16H12BrN3O2S/c17-14-6-5-13(22-14)15(21)18-11-3-1-10(2-4-11)12-9-20-7-8-23-16(20)19-12/h1-6,9H,7-8H2,(H,18,21). The summed E-state index contributed by atoms with van der Waals surface area (Å²) in [5.41, 5.74) is 2.71. The van der Waals surface area contributed by atoms with Gasteiger partial charge in [0.1, 0.15) is 0 Å². The van der Waals surface area contributed by atoms with Crippen LogP contribution in [0.1, 0.15) is 10.6 Å². The third-order valence-corrected chi connectivity index (χ3v) is 4.94. The molecule has 7 heteroatoms. The lowest BCUT2D eigenvalue weighted by Crippen LogP contribution is -2.10. The highest BCUT2D eigenvalue weighted by Crippen LogP contribution is 2.29. The zero-order valence-electron chi connectivity index (χ0n) is 12.0. The van der Waals surface area contributed by atoms with Crippen LogP contribution in [0, 0.1) is 0 Å². The van der Waals surface area contributed by atoms with Crippen LogP contribution in [0.3, 0.4) is 0 Å². The Balaban J connectivity index is 1.50. The van der Waals surface area contributed by atoms with Gasteiger partial charge in [0.05, 0.1) is 5.69 Å². The molecule has 1 aliphatic rings. The number of nitrogens with zero attached hydrogens (tertiary/aromatic N) is 2. The molecular formula is C16H12BrN3O2S. The highest BCUT2D eigenvalue weighted by Gasteiger charge is 2.15. The number of benzene rings is 1. The second kappa shape index (κ2) is 5.90. The molecule has 0 fully saturated rings. The number of hydrogen-bond donors (Lipinski definition) is 1. The van der Waals surface area contributed by atoms with E-state index in [1.54, 1.807) is 23.9 Å². The quantitative estimate of drug-likeness (QED) is 0.726. The van der Waals surface area contributed by atoms with E-state index in [-0.39, 0.29) is 11.7 Å². The van der Waals surface area contributed by atoms with Crippen LogP contribution in [-0.2, 0) is 6.54 Å². The number of imidazole rings is 1. The number of aromatic nitrogens is 2. The molecule has 0 spiro atoms. The summed E-state index contributed by atoms with van der Waals surface area (Å²) in [5.74, 6) is 1.08. The predicted octanol–water partition coefficient (Wildman–Crippen LogP) is 4.26. The van der Waals surface area contributed by atoms with E-state index in [9.17, 15) is 4.79 Å². The zero-order valence-corrected chi connectivity index (χ0v) is 14.4. The van der Waals surface area contributed by atoms with Gasteiger partial charge in [0.2, 0.25) is 0 Å². The fourth-order valence-corrected chi connectivity index (χ4v) is 3.65. The van der Waals surface area contributed by atoms with Crippen molar-refractivity contribution in [2.75, 3.05) is 11.1 Å². The van der Waals surface area contributed by atoms with Crippen LogP contribution in [0.25, 0.3) is 11.3 Å². The van der Waals surface area contributed by atoms with Gasteiger partial charge in [-0.2, -0.15) is 0 Å². The maximum Gasteiger partial charge on any atom is 0.291 e. The van der Waals surface area contributed by atoms with E-state index in [1.165, 1.54) is 0 Å². The number of rotatable bonds is 3. The van der Waals surface area contributed by atoms with E-state index in [4.69, 9.17) is 4.42 Å². The van der Waals surface area contributed by atoms with Crippen LogP contribution in [0.15, 0.2) is 56.8 Å². The molecule has 0 aliphatic carbocycles. The molecule has 1 amide bonds. The normalized spacial score (nSPS) is 13.1. The number of aryl methyl sites for hydroxylation is 1. The Morgan fingerprint density at radius 2 is 2.09 bits per heavy atom. The lowest BCUT2D eigenvalue weighted by atomic mass is 10.1. The van der Waals surface area contributed by atoms with Crippen LogP contribution in [-0.4, -0.2) is 21.2 Å². The molecule has 5 nitrogen and oxygen atoms in total. The number of anilines is 1. The highest BCUT2D eigenvalue weighted by molar-refractivity contribution is 9.10. The van der Waals surface area contributed by atoms with Gasteiger partial charge in [-0.1, -0.05) is 23.9 Å². The van der Waals surface area contributed by atoms with Crippen molar-refractivity contribution in [2.45, 2.75) is 11.7 Å². The molecule has 0 saturated heterocycles. The van der Waals surface area contributed by atoms with Crippen molar-refractivity contribution in [1.29, 1.82) is 0 Å². The van der Waals surface area contributed by atoms with Crippen molar-refractivity contribution in [3.8, 4) is 11.3 Å². The number of halogens is 1. The minimum Gasteiger partial charge on any atom is -0.444 e.